The van der Waals surface area contributed by atoms with Crippen LogP contribution in [0, 0.1) is 0 Å². The lowest BCUT2D eigenvalue weighted by Gasteiger charge is -2.20. The third-order valence-electron chi connectivity index (χ3n) is 2.18. The van der Waals surface area contributed by atoms with Gasteiger partial charge in [0.25, 0.3) is 0 Å². The number of hydrogen-bond donors (Lipinski definition) is 0. The van der Waals surface area contributed by atoms with Crippen molar-refractivity contribution < 1.29 is 14.3 Å². The molecule has 13 heavy (non-hydrogen) atoms. The summed E-state index contributed by atoms with van der Waals surface area (Å²) in [5, 5.41) is 0. The maximum absolute atomic E-state index is 11.3. The van der Waals surface area contributed by atoms with Gasteiger partial charge in [0.05, 0.1) is 6.61 Å². The Morgan fingerprint density at radius 3 is 3.00 bits per heavy atom. The quantitative estimate of drug-likeness (QED) is 0.497. The van der Waals surface area contributed by atoms with E-state index in [1.54, 1.807) is 0 Å². The summed E-state index contributed by atoms with van der Waals surface area (Å²) < 4.78 is 10.4. The summed E-state index contributed by atoms with van der Waals surface area (Å²) in [5.74, 6) is -0.173. The van der Waals surface area contributed by atoms with E-state index in [0.717, 1.165) is 32.1 Å². The second kappa shape index (κ2) is 5.97. The molecule has 0 aromatic carbocycles. The van der Waals surface area contributed by atoms with Gasteiger partial charge in [0.1, 0.15) is 0 Å². The highest BCUT2D eigenvalue weighted by molar-refractivity contribution is 5.74. The zero-order valence-corrected chi connectivity index (χ0v) is 8.25. The van der Waals surface area contributed by atoms with Crippen LogP contribution in [0.4, 0.5) is 0 Å². The molecule has 0 aromatic rings. The monoisotopic (exact) mass is 186 g/mol. The van der Waals surface area contributed by atoms with Crippen LogP contribution in [0.15, 0.2) is 0 Å². The van der Waals surface area contributed by atoms with Crippen LogP contribution in [-0.2, 0) is 14.3 Å². The molecule has 0 aromatic heterocycles. The molecule has 76 valence electrons. The summed E-state index contributed by atoms with van der Waals surface area (Å²) in [6.07, 6.45) is 4.68. The van der Waals surface area contributed by atoms with Crippen LogP contribution in [0.1, 0.15) is 39.0 Å². The van der Waals surface area contributed by atoms with E-state index in [9.17, 15) is 4.79 Å². The molecule has 1 aliphatic heterocycles. The molecule has 1 aliphatic rings. The van der Waals surface area contributed by atoms with Crippen molar-refractivity contribution in [3.05, 3.63) is 0 Å². The Balaban J connectivity index is 2.13. The topological polar surface area (TPSA) is 35.5 Å². The normalized spacial score (nSPS) is 22.7. The van der Waals surface area contributed by atoms with Crippen molar-refractivity contribution in [1.82, 2.24) is 0 Å². The number of carbonyl (C=O) groups excluding carboxylic acids is 1. The number of rotatable bonds is 4. The molecular formula is C10H18O3. The van der Waals surface area contributed by atoms with Gasteiger partial charge in [-0.15, -0.1) is 0 Å². The molecule has 3 nitrogen and oxygen atoms in total. The largest absolute Gasteiger partial charge is 0.464 e. The number of hydrogen-bond acceptors (Lipinski definition) is 3. The first kappa shape index (κ1) is 10.5. The predicted octanol–water partition coefficient (Wildman–Crippen LogP) is 1.90. The lowest BCUT2D eigenvalue weighted by molar-refractivity contribution is -0.160. The van der Waals surface area contributed by atoms with Crippen LogP contribution in [0.2, 0.25) is 0 Å². The fourth-order valence-corrected chi connectivity index (χ4v) is 1.34. The van der Waals surface area contributed by atoms with Gasteiger partial charge in [-0.2, -0.15) is 0 Å². The fourth-order valence-electron chi connectivity index (χ4n) is 1.34. The van der Waals surface area contributed by atoms with Crippen molar-refractivity contribution >= 4 is 5.97 Å². The molecular weight excluding hydrogens is 168 g/mol. The maximum Gasteiger partial charge on any atom is 0.335 e. The van der Waals surface area contributed by atoms with Gasteiger partial charge in [0.2, 0.25) is 0 Å². The molecule has 3 heteroatoms. The molecule has 0 spiro atoms. The van der Waals surface area contributed by atoms with Crippen molar-refractivity contribution in [2.24, 2.45) is 0 Å². The average Bonchev–Trinajstić information content (AvgIpc) is 2.19. The Morgan fingerprint density at radius 2 is 2.38 bits per heavy atom. The summed E-state index contributed by atoms with van der Waals surface area (Å²) in [4.78, 5) is 11.3. The molecule has 1 unspecified atom stereocenters. The van der Waals surface area contributed by atoms with Crippen LogP contribution in [0.25, 0.3) is 0 Å². The predicted molar refractivity (Wildman–Crippen MR) is 49.5 cm³/mol. The molecule has 0 bridgehead atoms. The van der Waals surface area contributed by atoms with Crippen molar-refractivity contribution in [2.45, 2.75) is 45.1 Å². The summed E-state index contributed by atoms with van der Waals surface area (Å²) >= 11 is 0. The Labute approximate surface area is 79.4 Å². The van der Waals surface area contributed by atoms with Crippen LogP contribution < -0.4 is 0 Å². The van der Waals surface area contributed by atoms with Crippen LogP contribution >= 0.6 is 0 Å². The van der Waals surface area contributed by atoms with Gasteiger partial charge in [-0.3, -0.25) is 0 Å². The van der Waals surface area contributed by atoms with Crippen molar-refractivity contribution in [3.8, 4) is 0 Å². The smallest absolute Gasteiger partial charge is 0.335 e. The molecule has 1 atom stereocenters. The van der Waals surface area contributed by atoms with Crippen LogP contribution in [-0.4, -0.2) is 25.3 Å². The first-order valence-electron chi connectivity index (χ1n) is 5.13. The third-order valence-corrected chi connectivity index (χ3v) is 2.18. The lowest BCUT2D eigenvalue weighted by Crippen LogP contribution is -2.30. The lowest BCUT2D eigenvalue weighted by atomic mass is 10.1. The third kappa shape index (κ3) is 3.77. The Hall–Kier alpha value is -0.570. The number of unbranched alkanes of at least 4 members (excludes halogenated alkanes) is 1. The van der Waals surface area contributed by atoms with Crippen molar-refractivity contribution in [2.75, 3.05) is 13.2 Å². The first-order valence-corrected chi connectivity index (χ1v) is 5.13. The summed E-state index contributed by atoms with van der Waals surface area (Å²) in [5.41, 5.74) is 0. The summed E-state index contributed by atoms with van der Waals surface area (Å²) in [6.45, 7) is 3.31. The fraction of sp³-hybridized carbons (Fsp3) is 0.900. The van der Waals surface area contributed by atoms with Crippen molar-refractivity contribution in [1.29, 1.82) is 0 Å². The molecule has 1 heterocycles. The van der Waals surface area contributed by atoms with Crippen molar-refractivity contribution in [3.63, 3.8) is 0 Å². The van der Waals surface area contributed by atoms with Gasteiger partial charge in [-0.1, -0.05) is 13.3 Å². The highest BCUT2D eigenvalue weighted by Crippen LogP contribution is 2.13. The molecule has 1 fully saturated rings. The Kier molecular flexibility index (Phi) is 4.83. The zero-order chi connectivity index (χ0) is 9.52. The van der Waals surface area contributed by atoms with E-state index < -0.39 is 0 Å². The van der Waals surface area contributed by atoms with E-state index in [1.165, 1.54) is 0 Å². The second-order valence-corrected chi connectivity index (χ2v) is 3.38. The average molecular weight is 186 g/mol. The molecule has 1 saturated heterocycles. The minimum atomic E-state index is -0.286. The number of ether oxygens (including phenoxy) is 2. The Morgan fingerprint density at radius 1 is 1.54 bits per heavy atom. The number of esters is 1. The minimum absolute atomic E-state index is 0.173. The molecule has 1 rings (SSSR count). The van der Waals surface area contributed by atoms with E-state index in [0.29, 0.717) is 13.2 Å². The maximum atomic E-state index is 11.3. The Bertz CT molecular complexity index is 150. The van der Waals surface area contributed by atoms with E-state index in [4.69, 9.17) is 9.47 Å². The van der Waals surface area contributed by atoms with Gasteiger partial charge in [-0.05, 0) is 25.7 Å². The van der Waals surface area contributed by atoms with E-state index >= 15 is 0 Å². The highest BCUT2D eigenvalue weighted by atomic mass is 16.6. The van der Waals surface area contributed by atoms with Gasteiger partial charge in [-0.25, -0.2) is 4.79 Å². The first-order chi connectivity index (χ1) is 6.34. The highest BCUT2D eigenvalue weighted by Gasteiger charge is 2.22. The molecule has 0 saturated carbocycles. The second-order valence-electron chi connectivity index (χ2n) is 3.38. The summed E-state index contributed by atoms with van der Waals surface area (Å²) in [7, 11) is 0. The minimum Gasteiger partial charge on any atom is -0.464 e. The van der Waals surface area contributed by atoms with E-state index in [1.807, 2.05) is 0 Å². The van der Waals surface area contributed by atoms with Crippen LogP contribution in [0.5, 0.6) is 0 Å². The van der Waals surface area contributed by atoms with Gasteiger partial charge >= 0.3 is 5.97 Å². The van der Waals surface area contributed by atoms with Gasteiger partial charge < -0.3 is 9.47 Å². The summed E-state index contributed by atoms with van der Waals surface area (Å²) in [6, 6.07) is 0. The molecule has 0 aliphatic carbocycles. The SMILES string of the molecule is CCCCOC(=O)C1CCCCO1. The molecule has 0 N–H and O–H groups in total. The van der Waals surface area contributed by atoms with Crippen LogP contribution in [0.3, 0.4) is 0 Å². The molecule has 0 radical (unpaired) electrons. The van der Waals surface area contributed by atoms with Gasteiger partial charge in [0, 0.05) is 6.61 Å². The number of carbonyl (C=O) groups is 1. The van der Waals surface area contributed by atoms with Gasteiger partial charge in [0.15, 0.2) is 6.10 Å². The van der Waals surface area contributed by atoms with E-state index in [-0.39, 0.29) is 12.1 Å². The standard InChI is InChI=1S/C10H18O3/c1-2-3-7-13-10(11)9-6-4-5-8-12-9/h9H,2-8H2,1H3. The van der Waals surface area contributed by atoms with E-state index in [2.05, 4.69) is 6.92 Å². The molecule has 0 amide bonds. The zero-order valence-electron chi connectivity index (χ0n) is 8.25.